The maximum Gasteiger partial charge on any atom is 0.354 e. The first-order valence-corrected chi connectivity index (χ1v) is 8.11. The van der Waals surface area contributed by atoms with Crippen LogP contribution in [-0.4, -0.2) is 63.9 Å². The van der Waals surface area contributed by atoms with Crippen LogP contribution in [0.2, 0.25) is 0 Å². The number of amides is 3. The van der Waals surface area contributed by atoms with Gasteiger partial charge in [0.25, 0.3) is 17.7 Å². The highest BCUT2D eigenvalue weighted by Gasteiger charge is 2.58. The lowest BCUT2D eigenvalue weighted by Gasteiger charge is -2.46. The molecule has 1 aromatic carbocycles. The van der Waals surface area contributed by atoms with Crippen molar-refractivity contribution in [3.63, 3.8) is 0 Å². The van der Waals surface area contributed by atoms with Crippen molar-refractivity contribution in [1.29, 1.82) is 0 Å². The Morgan fingerprint density at radius 1 is 1.19 bits per heavy atom. The molecule has 0 aliphatic carbocycles. The Hall–Kier alpha value is -2.71. The molecular formula is C17H15ClN2O6. The van der Waals surface area contributed by atoms with Gasteiger partial charge < -0.3 is 9.84 Å². The predicted octanol–water partition coefficient (Wildman–Crippen LogP) is 0.498. The van der Waals surface area contributed by atoms with Crippen LogP contribution in [0.5, 0.6) is 0 Å². The lowest BCUT2D eigenvalue weighted by molar-refractivity contribution is -0.153. The molecule has 2 aliphatic heterocycles. The zero-order valence-electron chi connectivity index (χ0n) is 13.9. The average molecular weight is 379 g/mol. The average Bonchev–Trinajstić information content (AvgIpc) is 2.90. The summed E-state index contributed by atoms with van der Waals surface area (Å²) in [7, 11) is 1.13. The second-order valence-electron chi connectivity index (χ2n) is 5.83. The molecule has 2 aliphatic rings. The summed E-state index contributed by atoms with van der Waals surface area (Å²) in [5.74, 6) is -2.78. The molecule has 1 fully saturated rings. The van der Waals surface area contributed by atoms with Crippen molar-refractivity contribution in [2.24, 2.45) is 0 Å². The van der Waals surface area contributed by atoms with Gasteiger partial charge in [0.15, 0.2) is 6.04 Å². The quantitative estimate of drug-likeness (QED) is 0.204. The molecule has 0 radical (unpaired) electrons. The molecule has 8 nitrogen and oxygen atoms in total. The van der Waals surface area contributed by atoms with Gasteiger partial charge in [0, 0.05) is 0 Å². The van der Waals surface area contributed by atoms with E-state index in [-0.39, 0.29) is 22.4 Å². The Kier molecular flexibility index (Phi) is 4.55. The molecule has 2 heterocycles. The Labute approximate surface area is 153 Å². The lowest BCUT2D eigenvalue weighted by Crippen LogP contribution is -2.69. The third-order valence-electron chi connectivity index (χ3n) is 4.36. The van der Waals surface area contributed by atoms with Gasteiger partial charge in [-0.3, -0.25) is 24.2 Å². The highest BCUT2D eigenvalue weighted by Crippen LogP contribution is 2.37. The number of rotatable bonds is 4. The Bertz CT molecular complexity index is 830. The first-order chi connectivity index (χ1) is 12.3. The molecule has 3 amide bonds. The van der Waals surface area contributed by atoms with E-state index in [4.69, 9.17) is 11.6 Å². The van der Waals surface area contributed by atoms with Crippen LogP contribution in [0.25, 0.3) is 0 Å². The number of β-lactam (4-membered cyclic amide) rings is 1. The molecule has 0 unspecified atom stereocenters. The number of nitrogens with zero attached hydrogens (tertiary/aromatic N) is 2. The van der Waals surface area contributed by atoms with Crippen LogP contribution in [0, 0.1) is 0 Å². The van der Waals surface area contributed by atoms with Gasteiger partial charge >= 0.3 is 5.97 Å². The summed E-state index contributed by atoms with van der Waals surface area (Å²) in [6.45, 7) is 0.952. The topological polar surface area (TPSA) is 104 Å². The van der Waals surface area contributed by atoms with E-state index in [2.05, 4.69) is 4.74 Å². The third-order valence-corrected chi connectivity index (χ3v) is 4.80. The number of fused-ring (bicyclic) bond motifs is 1. The van der Waals surface area contributed by atoms with Crippen LogP contribution < -0.4 is 0 Å². The molecular weight excluding hydrogens is 364 g/mol. The van der Waals surface area contributed by atoms with E-state index < -0.39 is 41.8 Å². The lowest BCUT2D eigenvalue weighted by atomic mass is 10.0. The number of benzene rings is 1. The number of esters is 1. The predicted molar refractivity (Wildman–Crippen MR) is 89.0 cm³/mol. The third kappa shape index (κ3) is 2.41. The van der Waals surface area contributed by atoms with Crippen LogP contribution in [0.4, 0.5) is 0 Å². The number of carbonyl (C=O) groups is 4. The maximum absolute atomic E-state index is 12.7. The van der Waals surface area contributed by atoms with Crippen LogP contribution in [0.15, 0.2) is 35.5 Å². The molecule has 0 aromatic heterocycles. The number of imide groups is 1. The van der Waals surface area contributed by atoms with Crippen molar-refractivity contribution in [2.45, 2.75) is 18.5 Å². The minimum Gasteiger partial charge on any atom is -0.464 e. The molecule has 2 atom stereocenters. The monoisotopic (exact) mass is 378 g/mol. The van der Waals surface area contributed by atoms with Gasteiger partial charge in [0.05, 0.1) is 24.8 Å². The van der Waals surface area contributed by atoms with E-state index in [1.54, 1.807) is 12.1 Å². The SMILES string of the molecule is COC(=O)C(=C(C)CO)N1C(=O)[C@H](N2C(=O)c3ccccc3C2=O)[C@@H]1Cl. The van der Waals surface area contributed by atoms with Crippen LogP contribution in [0.3, 0.4) is 0 Å². The van der Waals surface area contributed by atoms with Gasteiger partial charge in [0.2, 0.25) is 0 Å². The molecule has 136 valence electrons. The van der Waals surface area contributed by atoms with E-state index in [9.17, 15) is 24.3 Å². The van der Waals surface area contributed by atoms with E-state index >= 15 is 0 Å². The number of aliphatic hydroxyl groups excluding tert-OH is 1. The Morgan fingerprint density at radius 2 is 1.73 bits per heavy atom. The van der Waals surface area contributed by atoms with Crippen molar-refractivity contribution < 1.29 is 29.0 Å². The molecule has 0 bridgehead atoms. The number of hydrogen-bond acceptors (Lipinski definition) is 6. The summed E-state index contributed by atoms with van der Waals surface area (Å²) >= 11 is 6.26. The zero-order chi connectivity index (χ0) is 19.2. The van der Waals surface area contributed by atoms with Gasteiger partial charge in [-0.15, -0.1) is 0 Å². The number of methoxy groups -OCH3 is 1. The van der Waals surface area contributed by atoms with Gasteiger partial charge in [-0.05, 0) is 24.6 Å². The number of likely N-dealkylation sites (tertiary alicyclic amines) is 1. The molecule has 1 saturated heterocycles. The number of hydrogen-bond donors (Lipinski definition) is 1. The summed E-state index contributed by atoms with van der Waals surface area (Å²) in [6, 6.07) is 4.98. The minimum absolute atomic E-state index is 0.177. The van der Waals surface area contributed by atoms with E-state index in [0.29, 0.717) is 0 Å². The summed E-state index contributed by atoms with van der Waals surface area (Å²) in [5, 5.41) is 9.31. The molecule has 3 rings (SSSR count). The zero-order valence-corrected chi connectivity index (χ0v) is 14.7. The molecule has 9 heteroatoms. The Balaban J connectivity index is 1.93. The Morgan fingerprint density at radius 3 is 2.15 bits per heavy atom. The van der Waals surface area contributed by atoms with E-state index in [1.807, 2.05) is 0 Å². The highest BCUT2D eigenvalue weighted by atomic mass is 35.5. The first kappa shape index (κ1) is 18.1. The standard InChI is InChI=1S/C17H15ClN2O6/c1-8(7-21)11(17(25)26-2)19-13(18)12(16(19)24)20-14(22)9-5-3-4-6-10(9)15(20)23/h3-6,12-13,21H,7H2,1-2H3/t12-,13-/m1/s1. The van der Waals surface area contributed by atoms with Crippen molar-refractivity contribution in [2.75, 3.05) is 13.7 Å². The molecule has 0 spiro atoms. The summed E-state index contributed by atoms with van der Waals surface area (Å²) < 4.78 is 4.63. The largest absolute Gasteiger partial charge is 0.464 e. The van der Waals surface area contributed by atoms with Crippen LogP contribution >= 0.6 is 11.6 Å². The number of carbonyl (C=O) groups excluding carboxylic acids is 4. The smallest absolute Gasteiger partial charge is 0.354 e. The second-order valence-corrected chi connectivity index (χ2v) is 6.28. The fraction of sp³-hybridized carbons (Fsp3) is 0.294. The number of halogens is 1. The van der Waals surface area contributed by atoms with Gasteiger partial charge in [0.1, 0.15) is 11.2 Å². The van der Waals surface area contributed by atoms with Gasteiger partial charge in [-0.1, -0.05) is 23.7 Å². The van der Waals surface area contributed by atoms with Crippen molar-refractivity contribution >= 4 is 35.3 Å². The summed E-state index contributed by atoms with van der Waals surface area (Å²) in [4.78, 5) is 51.4. The second kappa shape index (κ2) is 6.54. The van der Waals surface area contributed by atoms with E-state index in [0.717, 1.165) is 16.9 Å². The fourth-order valence-electron chi connectivity index (χ4n) is 3.02. The first-order valence-electron chi connectivity index (χ1n) is 7.68. The molecule has 26 heavy (non-hydrogen) atoms. The number of alkyl halides is 1. The van der Waals surface area contributed by atoms with Crippen molar-refractivity contribution in [1.82, 2.24) is 9.80 Å². The fourth-order valence-corrected chi connectivity index (χ4v) is 3.43. The van der Waals surface area contributed by atoms with Crippen LogP contribution in [-0.2, 0) is 14.3 Å². The number of ether oxygens (including phenoxy) is 1. The van der Waals surface area contributed by atoms with Crippen LogP contribution in [0.1, 0.15) is 27.6 Å². The highest BCUT2D eigenvalue weighted by molar-refractivity contribution is 6.30. The maximum atomic E-state index is 12.7. The van der Waals surface area contributed by atoms with Gasteiger partial charge in [-0.2, -0.15) is 0 Å². The summed E-state index contributed by atoms with van der Waals surface area (Å²) in [6.07, 6.45) is 0. The van der Waals surface area contributed by atoms with Crippen molar-refractivity contribution in [3.05, 3.63) is 46.7 Å². The van der Waals surface area contributed by atoms with Gasteiger partial charge in [-0.25, -0.2) is 4.79 Å². The van der Waals surface area contributed by atoms with E-state index in [1.165, 1.54) is 19.1 Å². The number of aliphatic hydroxyl groups is 1. The van der Waals surface area contributed by atoms with Crippen molar-refractivity contribution in [3.8, 4) is 0 Å². The normalized spacial score (nSPS) is 22.8. The molecule has 1 aromatic rings. The summed E-state index contributed by atoms with van der Waals surface area (Å²) in [5.41, 5.74) is -0.782. The molecule has 0 saturated carbocycles. The minimum atomic E-state index is -1.24. The molecule has 1 N–H and O–H groups in total.